The molecule has 0 spiro atoms. The number of carbonyl (C=O) groups is 1. The number of aromatic nitrogens is 2. The van der Waals surface area contributed by atoms with Crippen LogP contribution in [0.3, 0.4) is 0 Å². The maximum atomic E-state index is 11.0. The van der Waals surface area contributed by atoms with E-state index >= 15 is 0 Å². The average Bonchev–Trinajstić information content (AvgIpc) is 3.41. The number of ether oxygens (including phenoxy) is 2. The maximum Gasteiger partial charge on any atom is 0.308 e. The van der Waals surface area contributed by atoms with Crippen molar-refractivity contribution in [2.45, 2.75) is 19.6 Å². The van der Waals surface area contributed by atoms with Crippen molar-refractivity contribution in [3.05, 3.63) is 107 Å². The van der Waals surface area contributed by atoms with E-state index in [2.05, 4.69) is 0 Å². The summed E-state index contributed by atoms with van der Waals surface area (Å²) in [7, 11) is 0. The van der Waals surface area contributed by atoms with Crippen LogP contribution in [0.1, 0.15) is 16.0 Å². The molecule has 0 aliphatic carbocycles. The van der Waals surface area contributed by atoms with E-state index in [1.165, 1.54) is 11.3 Å². The summed E-state index contributed by atoms with van der Waals surface area (Å²) in [6, 6.07) is 25.8. The molecule has 6 nitrogen and oxygen atoms in total. The van der Waals surface area contributed by atoms with Crippen LogP contribution in [0.5, 0.6) is 11.5 Å². The summed E-state index contributed by atoms with van der Waals surface area (Å²) in [5.41, 5.74) is 3.79. The number of fused-ring (bicyclic) bond motifs is 1. The van der Waals surface area contributed by atoms with Gasteiger partial charge in [-0.05, 0) is 23.3 Å². The number of imidazole rings is 1. The molecule has 0 radical (unpaired) electrons. The Morgan fingerprint density at radius 1 is 0.853 bits per heavy atom. The molecule has 2 aromatic heterocycles. The molecule has 0 unspecified atom stereocenters. The fourth-order valence-corrected chi connectivity index (χ4v) is 4.53. The van der Waals surface area contributed by atoms with Crippen LogP contribution in [0.15, 0.2) is 91.3 Å². The highest BCUT2D eigenvalue weighted by molar-refractivity contribution is 7.17. The molecule has 0 saturated carbocycles. The molecule has 3 aromatic carbocycles. The summed E-state index contributed by atoms with van der Waals surface area (Å²) in [5.74, 6) is 0.521. The van der Waals surface area contributed by atoms with Gasteiger partial charge in [0.1, 0.15) is 24.7 Å². The number of hydrogen-bond donors (Lipinski definition) is 1. The number of aliphatic carboxylic acids is 1. The molecule has 0 aliphatic heterocycles. The molecule has 0 bridgehead atoms. The summed E-state index contributed by atoms with van der Waals surface area (Å²) in [5, 5.41) is 9.04. The Labute approximate surface area is 200 Å². The zero-order valence-corrected chi connectivity index (χ0v) is 19.1. The lowest BCUT2D eigenvalue weighted by atomic mass is 10.1. The first kappa shape index (κ1) is 21.7. The Bertz CT molecular complexity index is 1320. The minimum Gasteiger partial charge on any atom is -0.489 e. The molecule has 5 aromatic rings. The van der Waals surface area contributed by atoms with Crippen molar-refractivity contribution < 1.29 is 19.4 Å². The molecule has 0 saturated heterocycles. The van der Waals surface area contributed by atoms with E-state index in [1.54, 1.807) is 0 Å². The van der Waals surface area contributed by atoms with E-state index in [1.807, 2.05) is 95.7 Å². The summed E-state index contributed by atoms with van der Waals surface area (Å²) < 4.78 is 14.0. The molecule has 7 heteroatoms. The van der Waals surface area contributed by atoms with E-state index in [-0.39, 0.29) is 6.42 Å². The third kappa shape index (κ3) is 5.27. The van der Waals surface area contributed by atoms with Crippen molar-refractivity contribution in [2.75, 3.05) is 0 Å². The molecule has 5 rings (SSSR count). The van der Waals surface area contributed by atoms with Crippen molar-refractivity contribution in [2.24, 2.45) is 0 Å². The van der Waals surface area contributed by atoms with E-state index < -0.39 is 5.97 Å². The number of thiazole rings is 1. The van der Waals surface area contributed by atoms with E-state index in [4.69, 9.17) is 19.6 Å². The van der Waals surface area contributed by atoms with Crippen LogP contribution >= 0.6 is 11.3 Å². The molecule has 0 fully saturated rings. The normalized spacial score (nSPS) is 10.9. The van der Waals surface area contributed by atoms with Crippen LogP contribution < -0.4 is 9.47 Å². The Morgan fingerprint density at radius 3 is 1.97 bits per heavy atom. The van der Waals surface area contributed by atoms with Crippen LogP contribution in [0.25, 0.3) is 16.2 Å². The van der Waals surface area contributed by atoms with Gasteiger partial charge in [-0.3, -0.25) is 9.20 Å². The lowest BCUT2D eigenvalue weighted by molar-refractivity contribution is -0.136. The van der Waals surface area contributed by atoms with Crippen LogP contribution in [0, 0.1) is 0 Å². The molecule has 2 heterocycles. The molecule has 0 atom stereocenters. The van der Waals surface area contributed by atoms with Gasteiger partial charge in [-0.1, -0.05) is 60.7 Å². The third-order valence-corrected chi connectivity index (χ3v) is 6.20. The highest BCUT2D eigenvalue weighted by Crippen LogP contribution is 2.32. The van der Waals surface area contributed by atoms with Gasteiger partial charge >= 0.3 is 5.97 Å². The van der Waals surface area contributed by atoms with Crippen LogP contribution in [-0.2, 0) is 24.4 Å². The van der Waals surface area contributed by atoms with E-state index in [0.717, 1.165) is 32.2 Å². The highest BCUT2D eigenvalue weighted by atomic mass is 32.1. The largest absolute Gasteiger partial charge is 0.489 e. The van der Waals surface area contributed by atoms with Gasteiger partial charge in [-0.2, -0.15) is 0 Å². The van der Waals surface area contributed by atoms with Crippen molar-refractivity contribution >= 4 is 22.3 Å². The Hall–Kier alpha value is -4.10. The minimum atomic E-state index is -0.854. The lowest BCUT2D eigenvalue weighted by Crippen LogP contribution is -1.98. The van der Waals surface area contributed by atoms with Crippen molar-refractivity contribution in [3.8, 4) is 22.8 Å². The molecule has 1 N–H and O–H groups in total. The zero-order chi connectivity index (χ0) is 23.3. The van der Waals surface area contributed by atoms with Gasteiger partial charge in [0.25, 0.3) is 0 Å². The fourth-order valence-electron chi connectivity index (χ4n) is 3.58. The Kier molecular flexibility index (Phi) is 6.27. The van der Waals surface area contributed by atoms with Crippen molar-refractivity contribution in [3.63, 3.8) is 0 Å². The molecular formula is C27H22N2O4S. The average molecular weight is 471 g/mol. The molecule has 0 aliphatic rings. The standard InChI is InChI=1S/C27H22N2O4S/c30-26(31)14-24-15-29-16-25(28-27(29)34-24)21-11-22(32-17-19-7-3-1-4-8-19)13-23(12-21)33-18-20-9-5-2-6-10-20/h1-13,15-16H,14,17-18H2,(H,30,31). The second kappa shape index (κ2) is 9.80. The second-order valence-electron chi connectivity index (χ2n) is 7.83. The molecule has 34 heavy (non-hydrogen) atoms. The Balaban J connectivity index is 1.42. The summed E-state index contributed by atoms with van der Waals surface area (Å²) in [6.07, 6.45) is 3.70. The minimum absolute atomic E-state index is 0.0103. The fraction of sp³-hybridized carbons (Fsp3) is 0.111. The van der Waals surface area contributed by atoms with E-state index in [0.29, 0.717) is 24.7 Å². The van der Waals surface area contributed by atoms with Gasteiger partial charge in [0.15, 0.2) is 4.96 Å². The number of nitrogens with zero attached hydrogens (tertiary/aromatic N) is 2. The van der Waals surface area contributed by atoms with Crippen molar-refractivity contribution in [1.82, 2.24) is 9.38 Å². The van der Waals surface area contributed by atoms with Crippen LogP contribution in [-0.4, -0.2) is 20.5 Å². The zero-order valence-electron chi connectivity index (χ0n) is 18.3. The highest BCUT2D eigenvalue weighted by Gasteiger charge is 2.13. The summed E-state index contributed by atoms with van der Waals surface area (Å²) in [4.78, 5) is 17.2. The monoisotopic (exact) mass is 470 g/mol. The van der Waals surface area contributed by atoms with Crippen LogP contribution in [0.4, 0.5) is 0 Å². The smallest absolute Gasteiger partial charge is 0.308 e. The number of carboxylic acids is 1. The first-order chi connectivity index (χ1) is 16.6. The lowest BCUT2D eigenvalue weighted by Gasteiger charge is -2.12. The predicted molar refractivity (Wildman–Crippen MR) is 131 cm³/mol. The van der Waals surface area contributed by atoms with Gasteiger partial charge in [0, 0.05) is 28.9 Å². The summed E-state index contributed by atoms with van der Waals surface area (Å²) >= 11 is 1.37. The van der Waals surface area contributed by atoms with Gasteiger partial charge in [-0.25, -0.2) is 4.98 Å². The Morgan fingerprint density at radius 2 is 1.44 bits per heavy atom. The second-order valence-corrected chi connectivity index (χ2v) is 8.92. The number of hydrogen-bond acceptors (Lipinski definition) is 5. The number of benzene rings is 3. The van der Waals surface area contributed by atoms with Gasteiger partial charge in [0.05, 0.1) is 12.1 Å². The molecule has 170 valence electrons. The maximum absolute atomic E-state index is 11.0. The predicted octanol–water partition coefficient (Wildman–Crippen LogP) is 5.85. The number of carboxylic acid groups (broad SMARTS) is 1. The van der Waals surface area contributed by atoms with E-state index in [9.17, 15) is 4.79 Å². The van der Waals surface area contributed by atoms with Crippen LogP contribution in [0.2, 0.25) is 0 Å². The van der Waals surface area contributed by atoms with Gasteiger partial charge in [-0.15, -0.1) is 11.3 Å². The topological polar surface area (TPSA) is 73.1 Å². The van der Waals surface area contributed by atoms with Gasteiger partial charge in [0.2, 0.25) is 0 Å². The first-order valence-electron chi connectivity index (χ1n) is 10.8. The molecule has 0 amide bonds. The number of rotatable bonds is 9. The quantitative estimate of drug-likeness (QED) is 0.293. The first-order valence-corrected chi connectivity index (χ1v) is 11.6. The third-order valence-electron chi connectivity index (χ3n) is 5.20. The SMILES string of the molecule is O=C(O)Cc1cn2cc(-c3cc(OCc4ccccc4)cc(OCc4ccccc4)c3)nc2s1. The van der Waals surface area contributed by atoms with Gasteiger partial charge < -0.3 is 14.6 Å². The van der Waals surface area contributed by atoms with Crippen molar-refractivity contribution in [1.29, 1.82) is 0 Å². The summed E-state index contributed by atoms with van der Waals surface area (Å²) in [6.45, 7) is 0.887. The molecular weight excluding hydrogens is 448 g/mol.